The molecule has 3 aliphatic rings. The van der Waals surface area contributed by atoms with Crippen molar-refractivity contribution in [1.29, 1.82) is 5.26 Å². The molecule has 1 aliphatic carbocycles. The van der Waals surface area contributed by atoms with Gasteiger partial charge < -0.3 is 9.72 Å². The molecule has 5 aromatic rings. The Bertz CT molecular complexity index is 1830. The van der Waals surface area contributed by atoms with Gasteiger partial charge in [-0.15, -0.1) is 11.3 Å². The van der Waals surface area contributed by atoms with Crippen LogP contribution in [-0.2, 0) is 24.0 Å². The van der Waals surface area contributed by atoms with Crippen LogP contribution in [0.4, 0.5) is 0 Å². The molecule has 0 bridgehead atoms. The minimum absolute atomic E-state index is 0.0704. The summed E-state index contributed by atoms with van der Waals surface area (Å²) in [5, 5.41) is 17.3. The van der Waals surface area contributed by atoms with Crippen LogP contribution in [0, 0.1) is 18.3 Å². The van der Waals surface area contributed by atoms with Gasteiger partial charge in [0.1, 0.15) is 5.65 Å². The molecule has 8 rings (SSSR count). The second kappa shape index (κ2) is 8.71. The van der Waals surface area contributed by atoms with E-state index < -0.39 is 0 Å². The Morgan fingerprint density at radius 2 is 1.98 bits per heavy atom. The highest BCUT2D eigenvalue weighted by molar-refractivity contribution is 7.15. The van der Waals surface area contributed by atoms with Gasteiger partial charge in [0.2, 0.25) is 0 Å². The number of nitrogens with zero attached hydrogens (tertiary/aromatic N) is 6. The van der Waals surface area contributed by atoms with Crippen molar-refractivity contribution in [2.24, 2.45) is 7.05 Å². The minimum Gasteiger partial charge on any atom is -0.365 e. The van der Waals surface area contributed by atoms with Crippen molar-refractivity contribution < 1.29 is 4.74 Å². The topological polar surface area (TPSA) is 95.7 Å². The van der Waals surface area contributed by atoms with E-state index in [2.05, 4.69) is 44.2 Å². The lowest BCUT2D eigenvalue weighted by Gasteiger charge is -2.53. The Balaban J connectivity index is 1.30. The number of H-pyrrole nitrogens is 1. The van der Waals surface area contributed by atoms with Crippen molar-refractivity contribution in [2.75, 3.05) is 13.1 Å². The smallest absolute Gasteiger partial charge is 0.138 e. The van der Waals surface area contributed by atoms with Crippen LogP contribution in [-0.4, -0.2) is 48.3 Å². The van der Waals surface area contributed by atoms with Gasteiger partial charge in [-0.3, -0.25) is 9.58 Å². The summed E-state index contributed by atoms with van der Waals surface area (Å²) in [5.74, 6) is 0. The first-order chi connectivity index (χ1) is 19.5. The largest absolute Gasteiger partial charge is 0.365 e. The Kier molecular flexibility index (Phi) is 5.28. The van der Waals surface area contributed by atoms with Crippen LogP contribution in [0.2, 0.25) is 0 Å². The average Bonchev–Trinajstić information content (AvgIpc) is 3.71. The molecule has 6 heterocycles. The fourth-order valence-electron chi connectivity index (χ4n) is 7.46. The molecule has 4 aromatic heterocycles. The summed E-state index contributed by atoms with van der Waals surface area (Å²) in [6.07, 6.45) is 11.9. The van der Waals surface area contributed by atoms with E-state index in [4.69, 9.17) is 9.72 Å². The van der Waals surface area contributed by atoms with Gasteiger partial charge in [0.15, 0.2) is 0 Å². The highest BCUT2D eigenvalue weighted by Crippen LogP contribution is 2.53. The number of nitrogens with one attached hydrogen (secondary N) is 1. The van der Waals surface area contributed by atoms with Crippen LogP contribution in [0.1, 0.15) is 54.7 Å². The monoisotopic (exact) mass is 549 g/mol. The zero-order valence-corrected chi connectivity index (χ0v) is 23.6. The third kappa shape index (κ3) is 3.39. The Labute approximate surface area is 236 Å². The quantitative estimate of drug-likeness (QED) is 0.287. The first-order valence-corrected chi connectivity index (χ1v) is 15.0. The minimum atomic E-state index is -0.346. The molecule has 2 aliphatic heterocycles. The molecule has 0 radical (unpaired) electrons. The van der Waals surface area contributed by atoms with Gasteiger partial charge >= 0.3 is 0 Å². The molecule has 40 heavy (non-hydrogen) atoms. The van der Waals surface area contributed by atoms with E-state index in [-0.39, 0.29) is 11.1 Å². The molecule has 1 saturated heterocycles. The molecule has 0 amide bonds. The molecule has 8 nitrogen and oxygen atoms in total. The lowest BCUT2D eigenvalue weighted by molar-refractivity contribution is -0.106. The molecule has 9 heteroatoms. The number of fused-ring (bicyclic) bond motifs is 5. The van der Waals surface area contributed by atoms with E-state index in [0.717, 1.165) is 76.5 Å². The number of likely N-dealkylation sites (tertiary alicyclic amines) is 1. The zero-order chi connectivity index (χ0) is 27.1. The fourth-order valence-corrected chi connectivity index (χ4v) is 8.24. The number of rotatable bonds is 4. The van der Waals surface area contributed by atoms with Gasteiger partial charge in [0, 0.05) is 65.5 Å². The van der Waals surface area contributed by atoms with E-state index in [9.17, 15) is 5.26 Å². The molecule has 2 fully saturated rings. The summed E-state index contributed by atoms with van der Waals surface area (Å²) >= 11 is 1.70. The number of aromatic amines is 1. The number of pyridine rings is 1. The number of ether oxygens (including phenoxy) is 1. The van der Waals surface area contributed by atoms with Gasteiger partial charge in [-0.2, -0.15) is 10.4 Å². The first-order valence-electron chi connectivity index (χ1n) is 14.2. The van der Waals surface area contributed by atoms with Crippen LogP contribution >= 0.6 is 11.3 Å². The third-order valence-corrected chi connectivity index (χ3v) is 10.6. The van der Waals surface area contributed by atoms with Crippen molar-refractivity contribution >= 4 is 33.3 Å². The summed E-state index contributed by atoms with van der Waals surface area (Å²) in [4.78, 5) is 16.9. The van der Waals surface area contributed by atoms with Gasteiger partial charge in [-0.05, 0) is 56.7 Å². The van der Waals surface area contributed by atoms with Gasteiger partial charge in [-0.25, -0.2) is 9.97 Å². The number of benzene rings is 1. The van der Waals surface area contributed by atoms with Crippen molar-refractivity contribution in [3.63, 3.8) is 0 Å². The van der Waals surface area contributed by atoms with Gasteiger partial charge in [-0.1, -0.05) is 6.07 Å². The highest BCUT2D eigenvalue weighted by atomic mass is 32.1. The molecule has 202 valence electrons. The number of aryl methyl sites for hydroxylation is 2. The molecule has 1 spiro atoms. The SMILES string of the molecule is Cc1ncc(-c2[nH]c3ncc4c(c3c2-c2ccc3c(cnn3C)c2)C2(CCN(C3(CC#N)CCC3)CC2)OC4)s1. The summed E-state index contributed by atoms with van der Waals surface area (Å²) in [6.45, 7) is 4.54. The van der Waals surface area contributed by atoms with E-state index in [1.54, 1.807) is 11.3 Å². The maximum Gasteiger partial charge on any atom is 0.138 e. The third-order valence-electron chi connectivity index (χ3n) is 9.70. The molecule has 0 atom stereocenters. The van der Waals surface area contributed by atoms with Crippen LogP contribution in [0.15, 0.2) is 36.8 Å². The average molecular weight is 550 g/mol. The van der Waals surface area contributed by atoms with Crippen molar-refractivity contribution in [1.82, 2.24) is 29.6 Å². The summed E-state index contributed by atoms with van der Waals surface area (Å²) in [7, 11) is 1.98. The van der Waals surface area contributed by atoms with Crippen LogP contribution in [0.25, 0.3) is 43.6 Å². The Morgan fingerprint density at radius 1 is 1.12 bits per heavy atom. The standard InChI is InChI=1S/C31H31N7OS/c1-19-33-17-24(40-19)28-25(20-4-5-23-21(14-20)16-35-37(23)2)26-27-22(15-34-29(26)36-28)18-39-31(27)9-12-38(13-10-31)30(8-11-32)6-3-7-30/h4-5,14-17H,3,6-10,12-13,18H2,1-2H3,(H,34,36). The lowest BCUT2D eigenvalue weighted by Crippen LogP contribution is -2.58. The number of nitriles is 1. The maximum atomic E-state index is 9.53. The molecule has 1 N–H and O–H groups in total. The lowest BCUT2D eigenvalue weighted by atomic mass is 9.71. The maximum absolute atomic E-state index is 9.53. The molecule has 1 aromatic carbocycles. The summed E-state index contributed by atoms with van der Waals surface area (Å²) < 4.78 is 8.66. The second-order valence-electron chi connectivity index (χ2n) is 11.7. The second-order valence-corrected chi connectivity index (χ2v) is 13.0. The van der Waals surface area contributed by atoms with Crippen LogP contribution in [0.5, 0.6) is 0 Å². The number of piperidine rings is 1. The van der Waals surface area contributed by atoms with Crippen molar-refractivity contribution in [3.8, 4) is 27.8 Å². The summed E-state index contributed by atoms with van der Waals surface area (Å²) in [5.41, 5.74) is 7.58. The van der Waals surface area contributed by atoms with Crippen molar-refractivity contribution in [3.05, 3.63) is 52.9 Å². The zero-order valence-electron chi connectivity index (χ0n) is 22.8. The molecular formula is C31H31N7OS. The van der Waals surface area contributed by atoms with Crippen LogP contribution < -0.4 is 0 Å². The van der Waals surface area contributed by atoms with Crippen molar-refractivity contribution in [2.45, 2.75) is 63.2 Å². The predicted octanol–water partition coefficient (Wildman–Crippen LogP) is 6.21. The van der Waals surface area contributed by atoms with Gasteiger partial charge in [0.25, 0.3) is 0 Å². The van der Waals surface area contributed by atoms with E-state index >= 15 is 0 Å². The molecule has 0 unspecified atom stereocenters. The Hall–Kier alpha value is -3.58. The normalized spacial score (nSPS) is 19.7. The first kappa shape index (κ1) is 24.2. The predicted molar refractivity (Wildman–Crippen MR) is 156 cm³/mol. The number of hydrogen-bond donors (Lipinski definition) is 1. The molecule has 1 saturated carbocycles. The fraction of sp³-hybridized carbons (Fsp3) is 0.419. The highest BCUT2D eigenvalue weighted by Gasteiger charge is 2.50. The van der Waals surface area contributed by atoms with E-state index in [1.165, 1.54) is 28.5 Å². The van der Waals surface area contributed by atoms with E-state index in [1.807, 2.05) is 37.2 Å². The van der Waals surface area contributed by atoms with Crippen LogP contribution in [0.3, 0.4) is 0 Å². The number of thiazole rings is 1. The number of hydrogen-bond acceptors (Lipinski definition) is 7. The number of aromatic nitrogens is 5. The van der Waals surface area contributed by atoms with E-state index in [0.29, 0.717) is 13.0 Å². The molecular weight excluding hydrogens is 518 g/mol. The Morgan fingerprint density at radius 3 is 2.70 bits per heavy atom. The summed E-state index contributed by atoms with van der Waals surface area (Å²) in [6, 6.07) is 9.08. The van der Waals surface area contributed by atoms with Gasteiger partial charge in [0.05, 0.1) is 52.0 Å².